The molecule has 0 aromatic heterocycles. The molecule has 0 radical (unpaired) electrons. The number of ether oxygens (including phenoxy) is 3. The maximum Gasteiger partial charge on any atom is 0.309 e. The zero-order chi connectivity index (χ0) is 20.2. The number of aliphatic carboxylic acids is 1. The maximum absolute atomic E-state index is 12.2. The Balaban J connectivity index is 3.92. The number of carboxylic acid groups (broad SMARTS) is 1. The van der Waals surface area contributed by atoms with Gasteiger partial charge >= 0.3 is 11.9 Å². The zero-order valence-corrected chi connectivity index (χ0v) is 17.4. The quantitative estimate of drug-likeness (QED) is 0.242. The maximum atomic E-state index is 12.2. The van der Waals surface area contributed by atoms with Gasteiger partial charge in [0, 0.05) is 26.2 Å². The van der Waals surface area contributed by atoms with E-state index in [-0.39, 0.29) is 25.4 Å². The lowest BCUT2D eigenvalue weighted by Crippen LogP contribution is -2.22. The van der Waals surface area contributed by atoms with E-state index >= 15 is 0 Å². The third-order valence-corrected chi connectivity index (χ3v) is 4.41. The van der Waals surface area contributed by atoms with Gasteiger partial charge < -0.3 is 19.3 Å². The summed E-state index contributed by atoms with van der Waals surface area (Å²) < 4.78 is 16.3. The molecule has 6 nitrogen and oxygen atoms in total. The first-order valence-electron chi connectivity index (χ1n) is 10.7. The SMILES string of the molecule is CCCCCCOCCOC(=O)C(CCOCCCCCC)CCC(=O)O. The van der Waals surface area contributed by atoms with Crippen molar-refractivity contribution in [1.29, 1.82) is 0 Å². The van der Waals surface area contributed by atoms with Crippen molar-refractivity contribution in [1.82, 2.24) is 0 Å². The summed E-state index contributed by atoms with van der Waals surface area (Å²) in [4.78, 5) is 23.0. The summed E-state index contributed by atoms with van der Waals surface area (Å²) in [6.07, 6.45) is 9.90. The van der Waals surface area contributed by atoms with Crippen LogP contribution in [0.15, 0.2) is 0 Å². The van der Waals surface area contributed by atoms with E-state index in [1.807, 2.05) is 0 Å². The molecule has 0 amide bonds. The van der Waals surface area contributed by atoms with Gasteiger partial charge in [-0.2, -0.15) is 0 Å². The minimum atomic E-state index is -0.899. The molecule has 0 aliphatic carbocycles. The van der Waals surface area contributed by atoms with Crippen molar-refractivity contribution < 1.29 is 28.9 Å². The summed E-state index contributed by atoms with van der Waals surface area (Å²) in [6.45, 7) is 6.76. The Morgan fingerprint density at radius 2 is 1.33 bits per heavy atom. The van der Waals surface area contributed by atoms with Gasteiger partial charge in [-0.15, -0.1) is 0 Å². The highest BCUT2D eigenvalue weighted by atomic mass is 16.6. The van der Waals surface area contributed by atoms with Crippen molar-refractivity contribution in [3.63, 3.8) is 0 Å². The van der Waals surface area contributed by atoms with Crippen molar-refractivity contribution in [2.24, 2.45) is 5.92 Å². The minimum absolute atomic E-state index is 0.0375. The molecule has 0 aliphatic heterocycles. The first kappa shape index (κ1) is 25.9. The number of unbranched alkanes of at least 4 members (excludes halogenated alkanes) is 6. The number of carbonyl (C=O) groups excluding carboxylic acids is 1. The Morgan fingerprint density at radius 1 is 0.741 bits per heavy atom. The summed E-state index contributed by atoms with van der Waals surface area (Å²) in [6, 6.07) is 0. The van der Waals surface area contributed by atoms with E-state index in [1.54, 1.807) is 0 Å². The number of hydrogen-bond acceptors (Lipinski definition) is 5. The zero-order valence-electron chi connectivity index (χ0n) is 17.4. The van der Waals surface area contributed by atoms with Crippen LogP contribution in [0.5, 0.6) is 0 Å². The molecule has 0 saturated heterocycles. The second-order valence-electron chi connectivity index (χ2n) is 6.93. The highest BCUT2D eigenvalue weighted by Gasteiger charge is 2.21. The van der Waals surface area contributed by atoms with Crippen LogP contribution in [-0.4, -0.2) is 50.1 Å². The Hall–Kier alpha value is -1.14. The highest BCUT2D eigenvalue weighted by molar-refractivity contribution is 5.74. The Morgan fingerprint density at radius 3 is 1.89 bits per heavy atom. The lowest BCUT2D eigenvalue weighted by atomic mass is 10.00. The number of carbonyl (C=O) groups is 2. The van der Waals surface area contributed by atoms with Crippen LogP contribution in [0.1, 0.15) is 84.5 Å². The van der Waals surface area contributed by atoms with Crippen LogP contribution in [0.2, 0.25) is 0 Å². The summed E-state index contributed by atoms with van der Waals surface area (Å²) >= 11 is 0. The second-order valence-corrected chi connectivity index (χ2v) is 6.93. The summed E-state index contributed by atoms with van der Waals surface area (Å²) in [5.74, 6) is -1.68. The smallest absolute Gasteiger partial charge is 0.309 e. The standard InChI is InChI=1S/C21H40O6/c1-3-5-7-9-14-25-16-13-19(11-12-20(22)23)21(24)27-18-17-26-15-10-8-6-4-2/h19H,3-18H2,1-2H3,(H,22,23). The van der Waals surface area contributed by atoms with Crippen LogP contribution >= 0.6 is 0 Å². The van der Waals surface area contributed by atoms with Crippen LogP contribution in [0.4, 0.5) is 0 Å². The molecule has 160 valence electrons. The summed E-state index contributed by atoms with van der Waals surface area (Å²) in [5.41, 5.74) is 0. The molecular weight excluding hydrogens is 348 g/mol. The van der Waals surface area contributed by atoms with Crippen LogP contribution in [0.25, 0.3) is 0 Å². The first-order valence-corrected chi connectivity index (χ1v) is 10.7. The normalized spacial score (nSPS) is 12.1. The van der Waals surface area contributed by atoms with Crippen molar-refractivity contribution in [2.45, 2.75) is 84.5 Å². The molecule has 0 aromatic rings. The summed E-state index contributed by atoms with van der Waals surface area (Å²) in [7, 11) is 0. The van der Waals surface area contributed by atoms with E-state index in [4.69, 9.17) is 19.3 Å². The molecule has 6 heteroatoms. The van der Waals surface area contributed by atoms with Crippen molar-refractivity contribution in [2.75, 3.05) is 33.0 Å². The predicted molar refractivity (Wildman–Crippen MR) is 106 cm³/mol. The molecule has 1 N–H and O–H groups in total. The largest absolute Gasteiger partial charge is 0.481 e. The monoisotopic (exact) mass is 388 g/mol. The highest BCUT2D eigenvalue weighted by Crippen LogP contribution is 2.14. The molecule has 0 aromatic carbocycles. The number of esters is 1. The van der Waals surface area contributed by atoms with Gasteiger partial charge in [0.25, 0.3) is 0 Å². The van der Waals surface area contributed by atoms with Gasteiger partial charge in [-0.1, -0.05) is 52.4 Å². The van der Waals surface area contributed by atoms with Crippen molar-refractivity contribution in [3.8, 4) is 0 Å². The number of carboxylic acids is 1. The fourth-order valence-electron chi connectivity index (χ4n) is 2.69. The summed E-state index contributed by atoms with van der Waals surface area (Å²) in [5, 5.41) is 8.87. The molecule has 0 bridgehead atoms. The van der Waals surface area contributed by atoms with Gasteiger partial charge in [0.1, 0.15) is 6.61 Å². The lowest BCUT2D eigenvalue weighted by molar-refractivity contribution is -0.151. The Labute approximate surface area is 164 Å². The van der Waals surface area contributed by atoms with Crippen molar-refractivity contribution >= 4 is 11.9 Å². The van der Waals surface area contributed by atoms with Crippen LogP contribution in [0.3, 0.4) is 0 Å². The van der Waals surface area contributed by atoms with E-state index in [9.17, 15) is 9.59 Å². The molecular formula is C21H40O6. The van der Waals surface area contributed by atoms with Gasteiger partial charge in [-0.25, -0.2) is 0 Å². The van der Waals surface area contributed by atoms with Crippen LogP contribution in [0, 0.1) is 5.92 Å². The molecule has 27 heavy (non-hydrogen) atoms. The van der Waals surface area contributed by atoms with Gasteiger partial charge in [0.2, 0.25) is 0 Å². The predicted octanol–water partition coefficient (Wildman–Crippen LogP) is 4.59. The Kier molecular flexibility index (Phi) is 18.8. The van der Waals surface area contributed by atoms with Crippen molar-refractivity contribution in [3.05, 3.63) is 0 Å². The molecule has 0 heterocycles. The fourth-order valence-corrected chi connectivity index (χ4v) is 2.69. The Bertz CT molecular complexity index is 359. The van der Waals surface area contributed by atoms with Gasteiger partial charge in [0.15, 0.2) is 0 Å². The molecule has 0 saturated carbocycles. The van der Waals surface area contributed by atoms with Gasteiger partial charge in [-0.05, 0) is 25.7 Å². The second kappa shape index (κ2) is 19.6. The topological polar surface area (TPSA) is 82.1 Å². The van der Waals surface area contributed by atoms with E-state index in [2.05, 4.69) is 13.8 Å². The van der Waals surface area contributed by atoms with Gasteiger partial charge in [-0.3, -0.25) is 9.59 Å². The average molecular weight is 389 g/mol. The molecule has 1 unspecified atom stereocenters. The fraction of sp³-hybridized carbons (Fsp3) is 0.905. The van der Waals surface area contributed by atoms with E-state index in [1.165, 1.54) is 25.7 Å². The van der Waals surface area contributed by atoms with Crippen LogP contribution in [-0.2, 0) is 23.8 Å². The number of rotatable bonds is 20. The molecule has 0 rings (SSSR count). The third kappa shape index (κ3) is 18.0. The molecule has 0 fully saturated rings. The van der Waals surface area contributed by atoms with E-state index < -0.39 is 11.9 Å². The number of hydrogen-bond donors (Lipinski definition) is 1. The van der Waals surface area contributed by atoms with E-state index in [0.717, 1.165) is 25.7 Å². The molecule has 1 atom stereocenters. The van der Waals surface area contributed by atoms with Crippen LogP contribution < -0.4 is 0 Å². The third-order valence-electron chi connectivity index (χ3n) is 4.41. The minimum Gasteiger partial charge on any atom is -0.481 e. The van der Waals surface area contributed by atoms with E-state index in [0.29, 0.717) is 32.8 Å². The average Bonchev–Trinajstić information content (AvgIpc) is 2.65. The molecule has 0 aliphatic rings. The lowest BCUT2D eigenvalue weighted by Gasteiger charge is -2.15. The first-order chi connectivity index (χ1) is 13.1. The molecule has 0 spiro atoms. The van der Waals surface area contributed by atoms with Gasteiger partial charge in [0.05, 0.1) is 12.5 Å².